The molecule has 3 heterocycles. The summed E-state index contributed by atoms with van der Waals surface area (Å²) in [6, 6.07) is 8.44. The Kier molecular flexibility index (Phi) is 12.2. The fourth-order valence-electron chi connectivity index (χ4n) is 6.55. The van der Waals surface area contributed by atoms with Crippen LogP contribution in [0.4, 0.5) is 11.6 Å². The van der Waals surface area contributed by atoms with Gasteiger partial charge >= 0.3 is 0 Å². The van der Waals surface area contributed by atoms with E-state index in [1.165, 1.54) is 0 Å². The van der Waals surface area contributed by atoms with Crippen LogP contribution in [-0.4, -0.2) is 95.3 Å². The van der Waals surface area contributed by atoms with Gasteiger partial charge in [-0.1, -0.05) is 13.0 Å². The Hall–Kier alpha value is -4.25. The Bertz CT molecular complexity index is 1510. The highest BCUT2D eigenvalue weighted by atomic mass is 16.5. The highest BCUT2D eigenvalue weighted by Gasteiger charge is 2.32. The molecule has 0 amide bonds. The van der Waals surface area contributed by atoms with E-state index < -0.39 is 0 Å². The number of rotatable bonds is 15. The smallest absolute Gasteiger partial charge is 0.256 e. The number of nitrogens with zero attached hydrogens (tertiary/aromatic N) is 6. The third-order valence-electron chi connectivity index (χ3n) is 8.83. The average Bonchev–Trinajstić information content (AvgIpc) is 3.48. The molecule has 1 aliphatic carbocycles. The van der Waals surface area contributed by atoms with Crippen LogP contribution >= 0.6 is 0 Å². The maximum absolute atomic E-state index is 9.59. The summed E-state index contributed by atoms with van der Waals surface area (Å²) in [5.41, 5.74) is 2.75. The average molecular weight is 660 g/mol. The molecule has 1 saturated carbocycles. The summed E-state index contributed by atoms with van der Waals surface area (Å²) in [6.07, 6.45) is 11.3. The van der Waals surface area contributed by atoms with Gasteiger partial charge in [-0.2, -0.15) is 5.26 Å². The zero-order valence-corrected chi connectivity index (χ0v) is 28.7. The van der Waals surface area contributed by atoms with Crippen LogP contribution in [-0.2, 0) is 9.47 Å². The van der Waals surface area contributed by atoms with Crippen molar-refractivity contribution >= 4 is 18.0 Å². The minimum Gasteiger partial charge on any atom is -0.487 e. The van der Waals surface area contributed by atoms with E-state index >= 15 is 0 Å². The number of hydrogen-bond donors (Lipinski definition) is 3. The molecular formula is C35H49N9O4. The lowest BCUT2D eigenvalue weighted by Gasteiger charge is -2.42. The summed E-state index contributed by atoms with van der Waals surface area (Å²) in [5, 5.41) is 27.8. The Labute approximate surface area is 283 Å². The number of anilines is 2. The van der Waals surface area contributed by atoms with Gasteiger partial charge in [0.15, 0.2) is 0 Å². The first-order chi connectivity index (χ1) is 23.3. The van der Waals surface area contributed by atoms with Crippen molar-refractivity contribution in [1.29, 1.82) is 10.7 Å². The van der Waals surface area contributed by atoms with Crippen LogP contribution in [0.25, 0.3) is 11.1 Å². The van der Waals surface area contributed by atoms with Crippen molar-refractivity contribution in [1.82, 2.24) is 30.0 Å². The molecule has 2 fully saturated rings. The monoisotopic (exact) mass is 659 g/mol. The van der Waals surface area contributed by atoms with Crippen molar-refractivity contribution in [3.05, 3.63) is 42.4 Å². The molecule has 1 aliphatic heterocycles. The van der Waals surface area contributed by atoms with Crippen molar-refractivity contribution in [3.63, 3.8) is 0 Å². The maximum atomic E-state index is 9.59. The molecule has 4 atom stereocenters. The Morgan fingerprint density at radius 1 is 1.06 bits per heavy atom. The molecule has 258 valence electrons. The molecule has 5 rings (SSSR count). The second-order valence-electron chi connectivity index (χ2n) is 13.1. The van der Waals surface area contributed by atoms with Gasteiger partial charge in [0.25, 0.3) is 5.88 Å². The second kappa shape index (κ2) is 16.7. The van der Waals surface area contributed by atoms with Gasteiger partial charge in [-0.05, 0) is 64.2 Å². The largest absolute Gasteiger partial charge is 0.487 e. The lowest BCUT2D eigenvalue weighted by Crippen LogP contribution is -2.51. The summed E-state index contributed by atoms with van der Waals surface area (Å²) in [7, 11) is 1.69. The van der Waals surface area contributed by atoms with Crippen LogP contribution in [0.15, 0.2) is 36.8 Å². The number of morpholine rings is 1. The van der Waals surface area contributed by atoms with Crippen LogP contribution in [0.1, 0.15) is 65.0 Å². The van der Waals surface area contributed by atoms with Crippen LogP contribution in [0.2, 0.25) is 0 Å². The van der Waals surface area contributed by atoms with Crippen molar-refractivity contribution in [2.24, 2.45) is 5.92 Å². The number of aromatic nitrogens is 4. The van der Waals surface area contributed by atoms with Crippen molar-refractivity contribution < 1.29 is 18.9 Å². The molecule has 0 spiro atoms. The van der Waals surface area contributed by atoms with Gasteiger partial charge in [0, 0.05) is 50.1 Å². The van der Waals surface area contributed by atoms with E-state index in [0.717, 1.165) is 56.2 Å². The topological polar surface area (TPSA) is 155 Å². The van der Waals surface area contributed by atoms with Gasteiger partial charge in [-0.3, -0.25) is 15.0 Å². The molecule has 0 radical (unpaired) electrons. The molecular weight excluding hydrogens is 610 g/mol. The van der Waals surface area contributed by atoms with E-state index in [4.69, 9.17) is 29.5 Å². The van der Waals surface area contributed by atoms with Gasteiger partial charge < -0.3 is 29.6 Å². The van der Waals surface area contributed by atoms with Crippen molar-refractivity contribution in [3.8, 4) is 28.8 Å². The summed E-state index contributed by atoms with van der Waals surface area (Å²) < 4.78 is 25.5. The van der Waals surface area contributed by atoms with Gasteiger partial charge in [0.2, 0.25) is 5.95 Å². The van der Waals surface area contributed by atoms with E-state index in [1.54, 1.807) is 25.6 Å². The number of hydrogen-bond acceptors (Lipinski definition) is 11. The summed E-state index contributed by atoms with van der Waals surface area (Å²) in [4.78, 5) is 11.8. The van der Waals surface area contributed by atoms with Gasteiger partial charge in [0.1, 0.15) is 23.6 Å². The number of benzene rings is 1. The molecule has 48 heavy (non-hydrogen) atoms. The minimum atomic E-state index is -0.237. The molecule has 13 nitrogen and oxygen atoms in total. The van der Waals surface area contributed by atoms with E-state index in [-0.39, 0.29) is 30.3 Å². The number of nitrogens with one attached hydrogen (secondary N) is 3. The maximum Gasteiger partial charge on any atom is 0.256 e. The van der Waals surface area contributed by atoms with Crippen LogP contribution in [0.5, 0.6) is 11.6 Å². The zero-order chi connectivity index (χ0) is 34.0. The molecule has 1 unspecified atom stereocenters. The molecule has 3 aromatic rings. The Morgan fingerprint density at radius 3 is 2.44 bits per heavy atom. The fraction of sp³-hybridized carbons (Fsp3) is 0.571. The lowest BCUT2D eigenvalue weighted by atomic mass is 9.89. The van der Waals surface area contributed by atoms with Gasteiger partial charge in [-0.25, -0.2) is 9.97 Å². The molecule has 2 aromatic heterocycles. The van der Waals surface area contributed by atoms with E-state index in [9.17, 15) is 5.26 Å². The zero-order valence-electron chi connectivity index (χ0n) is 28.7. The first kappa shape index (κ1) is 35.1. The third-order valence-corrected chi connectivity index (χ3v) is 8.83. The fourth-order valence-corrected chi connectivity index (χ4v) is 6.55. The summed E-state index contributed by atoms with van der Waals surface area (Å²) in [6.45, 7) is 11.8. The summed E-state index contributed by atoms with van der Waals surface area (Å²) >= 11 is 0. The van der Waals surface area contributed by atoms with E-state index in [2.05, 4.69) is 52.3 Å². The molecule has 0 bridgehead atoms. The first-order valence-electron chi connectivity index (χ1n) is 16.9. The highest BCUT2D eigenvalue weighted by Crippen LogP contribution is 2.35. The number of methoxy groups -OCH3 is 1. The second-order valence-corrected chi connectivity index (χ2v) is 13.1. The predicted molar refractivity (Wildman–Crippen MR) is 184 cm³/mol. The Balaban J connectivity index is 1.28. The molecule has 1 aromatic carbocycles. The van der Waals surface area contributed by atoms with Crippen molar-refractivity contribution in [2.75, 3.05) is 45.3 Å². The third kappa shape index (κ3) is 9.21. The van der Waals surface area contributed by atoms with Crippen molar-refractivity contribution in [2.45, 2.75) is 83.8 Å². The standard InChI is InChI=1S/C35H49N9O4/c1-23(20-45-5)21-46-34-32(19-44(42-34)31-10-8-30(9-11-31)43-17-25(3)47-26(4)18-43)41-35-39-15-29(16-40-35)27-6-7-28(13-36)33(12-27)48-24(2)14-38-22-37/h6-7,12,15-16,19,22-26,30-31H,8-11,14,17-18,20-21H2,1-5H3,(H2,37,38)(H,39,40,41)/t23?,24-,25-,26+,30?,31?/m0/s1. The number of nitriles is 1. The van der Waals surface area contributed by atoms with Gasteiger partial charge in [0.05, 0.1) is 56.1 Å². The molecule has 1 saturated heterocycles. The molecule has 13 heteroatoms. The SMILES string of the molecule is COCC(C)COc1nn(C2CCC(N3C[C@@H](C)O[C@@H](C)C3)CC2)cc1Nc1ncc(-c2ccc(C#N)c(O[C@@H](C)CNC=N)c2)cn1. The Morgan fingerprint density at radius 2 is 1.77 bits per heavy atom. The quantitative estimate of drug-likeness (QED) is 0.146. The lowest BCUT2D eigenvalue weighted by molar-refractivity contribution is -0.0852. The normalized spacial score (nSPS) is 22.7. The van der Waals surface area contributed by atoms with Crippen LogP contribution in [0.3, 0.4) is 0 Å². The molecule has 2 aliphatic rings. The molecule has 3 N–H and O–H groups in total. The number of ether oxygens (including phenoxy) is 4. The van der Waals surface area contributed by atoms with Crippen LogP contribution in [0, 0.1) is 22.7 Å². The first-order valence-corrected chi connectivity index (χ1v) is 16.9. The van der Waals surface area contributed by atoms with Crippen LogP contribution < -0.4 is 20.1 Å². The van der Waals surface area contributed by atoms with E-state index in [0.29, 0.717) is 54.6 Å². The summed E-state index contributed by atoms with van der Waals surface area (Å²) in [5.74, 6) is 1.61. The predicted octanol–water partition coefficient (Wildman–Crippen LogP) is 5.17. The van der Waals surface area contributed by atoms with Gasteiger partial charge in [-0.15, -0.1) is 5.10 Å². The van der Waals surface area contributed by atoms with E-state index in [1.807, 2.05) is 29.9 Å². The minimum absolute atomic E-state index is 0.203. The highest BCUT2D eigenvalue weighted by molar-refractivity contribution is 5.67.